The molecule has 0 aliphatic heterocycles. The number of methoxy groups -OCH3 is 1. The van der Waals surface area contributed by atoms with Crippen LogP contribution in [0.3, 0.4) is 0 Å². The number of carbonyl (C=O) groups excluding carboxylic acids is 1. The molecule has 1 amide bonds. The Morgan fingerprint density at radius 2 is 2.27 bits per heavy atom. The van der Waals surface area contributed by atoms with Crippen LogP contribution in [0, 0.1) is 6.92 Å². The number of halogens is 1. The van der Waals surface area contributed by atoms with E-state index < -0.39 is 0 Å². The first-order chi connectivity index (χ1) is 7.04. The third-order valence-corrected chi connectivity index (χ3v) is 2.22. The molecule has 0 aromatic heterocycles. The molecule has 0 saturated carbocycles. The molecule has 0 atom stereocenters. The maximum Gasteiger partial charge on any atom is 0.250 e. The Kier molecular flexibility index (Phi) is 3.94. The molecule has 1 rings (SSSR count). The predicted molar refractivity (Wildman–Crippen MR) is 61.1 cm³/mol. The highest BCUT2D eigenvalue weighted by atomic mass is 35.5. The van der Waals surface area contributed by atoms with E-state index in [9.17, 15) is 4.79 Å². The Morgan fingerprint density at radius 3 is 2.87 bits per heavy atom. The smallest absolute Gasteiger partial charge is 0.250 e. The van der Waals surface area contributed by atoms with Crippen LogP contribution in [0.1, 0.15) is 5.56 Å². The largest absolute Gasteiger partial charge is 0.398 e. The van der Waals surface area contributed by atoms with Crippen LogP contribution >= 0.6 is 11.6 Å². The van der Waals surface area contributed by atoms with Crippen molar-refractivity contribution in [1.29, 1.82) is 0 Å². The van der Waals surface area contributed by atoms with Crippen molar-refractivity contribution in [3.8, 4) is 0 Å². The average Bonchev–Trinajstić information content (AvgIpc) is 2.14. The summed E-state index contributed by atoms with van der Waals surface area (Å²) in [6.45, 7) is 1.86. The number of nitrogens with two attached hydrogens (primary N) is 1. The minimum absolute atomic E-state index is 0.0153. The minimum Gasteiger partial charge on any atom is -0.398 e. The van der Waals surface area contributed by atoms with Crippen molar-refractivity contribution in [3.05, 3.63) is 22.7 Å². The zero-order valence-corrected chi connectivity index (χ0v) is 9.39. The van der Waals surface area contributed by atoms with E-state index in [0.29, 0.717) is 16.4 Å². The van der Waals surface area contributed by atoms with E-state index in [1.54, 1.807) is 12.1 Å². The van der Waals surface area contributed by atoms with E-state index in [1.807, 2.05) is 6.92 Å². The van der Waals surface area contributed by atoms with Crippen molar-refractivity contribution in [3.63, 3.8) is 0 Å². The number of nitrogens with one attached hydrogen (secondary N) is 1. The molecule has 0 aliphatic carbocycles. The molecule has 15 heavy (non-hydrogen) atoms. The highest BCUT2D eigenvalue weighted by Crippen LogP contribution is 2.26. The second kappa shape index (κ2) is 5.00. The number of hydrogen-bond acceptors (Lipinski definition) is 3. The summed E-state index contributed by atoms with van der Waals surface area (Å²) in [5.41, 5.74) is 7.62. The monoisotopic (exact) mass is 228 g/mol. The molecule has 3 N–H and O–H groups in total. The van der Waals surface area contributed by atoms with E-state index >= 15 is 0 Å². The molecular weight excluding hydrogens is 216 g/mol. The lowest BCUT2D eigenvalue weighted by Crippen LogP contribution is -2.17. The Morgan fingerprint density at radius 1 is 1.60 bits per heavy atom. The van der Waals surface area contributed by atoms with Crippen molar-refractivity contribution in [2.24, 2.45) is 0 Å². The van der Waals surface area contributed by atoms with E-state index in [1.165, 1.54) is 7.11 Å². The average molecular weight is 229 g/mol. The van der Waals surface area contributed by atoms with Gasteiger partial charge in [-0.25, -0.2) is 0 Å². The number of nitrogen functional groups attached to an aromatic ring is 1. The molecule has 82 valence electrons. The summed E-state index contributed by atoms with van der Waals surface area (Å²) < 4.78 is 4.70. The van der Waals surface area contributed by atoms with Crippen LogP contribution < -0.4 is 11.1 Å². The normalized spacial score (nSPS) is 10.1. The van der Waals surface area contributed by atoms with E-state index in [-0.39, 0.29) is 12.5 Å². The number of aryl methyl sites for hydroxylation is 1. The SMILES string of the molecule is COCC(=O)Nc1cc(Cl)c(N)cc1C. The summed E-state index contributed by atoms with van der Waals surface area (Å²) >= 11 is 5.84. The van der Waals surface area contributed by atoms with Gasteiger partial charge in [-0.15, -0.1) is 0 Å². The second-order valence-electron chi connectivity index (χ2n) is 3.17. The standard InChI is InChI=1S/C10H13ClN2O2/c1-6-3-8(12)7(11)4-9(6)13-10(14)5-15-2/h3-4H,5,12H2,1-2H3,(H,13,14). The summed E-state index contributed by atoms with van der Waals surface area (Å²) in [5.74, 6) is -0.221. The summed E-state index contributed by atoms with van der Waals surface area (Å²) in [4.78, 5) is 11.3. The van der Waals surface area contributed by atoms with Crippen LogP contribution in [-0.2, 0) is 9.53 Å². The van der Waals surface area contributed by atoms with Gasteiger partial charge >= 0.3 is 0 Å². The third-order valence-electron chi connectivity index (χ3n) is 1.89. The molecule has 0 fully saturated rings. The molecular formula is C10H13ClN2O2. The van der Waals surface area contributed by atoms with Crippen molar-refractivity contribution < 1.29 is 9.53 Å². The van der Waals surface area contributed by atoms with Gasteiger partial charge in [0.1, 0.15) is 6.61 Å². The van der Waals surface area contributed by atoms with Gasteiger partial charge in [0.2, 0.25) is 5.91 Å². The molecule has 4 nitrogen and oxygen atoms in total. The van der Waals surface area contributed by atoms with Crippen LogP contribution in [0.25, 0.3) is 0 Å². The fourth-order valence-corrected chi connectivity index (χ4v) is 1.32. The lowest BCUT2D eigenvalue weighted by atomic mass is 10.2. The molecule has 0 radical (unpaired) electrons. The number of amides is 1. The molecule has 0 unspecified atom stereocenters. The van der Waals surface area contributed by atoms with Crippen LogP contribution in [0.4, 0.5) is 11.4 Å². The summed E-state index contributed by atoms with van der Waals surface area (Å²) in [6, 6.07) is 3.34. The highest BCUT2D eigenvalue weighted by Gasteiger charge is 2.06. The minimum atomic E-state index is -0.221. The van der Waals surface area contributed by atoms with Crippen molar-refractivity contribution in [1.82, 2.24) is 0 Å². The van der Waals surface area contributed by atoms with Gasteiger partial charge in [-0.3, -0.25) is 4.79 Å². The predicted octanol–water partition coefficient (Wildman–Crippen LogP) is 1.82. The maximum absolute atomic E-state index is 11.3. The number of rotatable bonds is 3. The summed E-state index contributed by atoms with van der Waals surface area (Å²) in [5, 5.41) is 3.10. The zero-order valence-electron chi connectivity index (χ0n) is 8.63. The zero-order chi connectivity index (χ0) is 11.4. The first kappa shape index (κ1) is 11.8. The van der Waals surface area contributed by atoms with Crippen LogP contribution in [-0.4, -0.2) is 19.6 Å². The van der Waals surface area contributed by atoms with Gasteiger partial charge in [0.25, 0.3) is 0 Å². The molecule has 0 aliphatic rings. The van der Waals surface area contributed by atoms with Gasteiger partial charge in [0.05, 0.1) is 10.7 Å². The molecule has 0 heterocycles. The number of hydrogen-bond donors (Lipinski definition) is 2. The molecule has 0 spiro atoms. The van der Waals surface area contributed by atoms with E-state index in [4.69, 9.17) is 22.1 Å². The van der Waals surface area contributed by atoms with E-state index in [2.05, 4.69) is 5.32 Å². The second-order valence-corrected chi connectivity index (χ2v) is 3.58. The topological polar surface area (TPSA) is 64.3 Å². The summed E-state index contributed by atoms with van der Waals surface area (Å²) in [6.07, 6.45) is 0. The van der Waals surface area contributed by atoms with Crippen LogP contribution in [0.5, 0.6) is 0 Å². The maximum atomic E-state index is 11.3. The molecule has 5 heteroatoms. The first-order valence-corrected chi connectivity index (χ1v) is 4.76. The number of benzene rings is 1. The lowest BCUT2D eigenvalue weighted by molar-refractivity contribution is -0.119. The Hall–Kier alpha value is -1.26. The Balaban J connectivity index is 2.86. The quantitative estimate of drug-likeness (QED) is 0.776. The van der Waals surface area contributed by atoms with Gasteiger partial charge in [-0.1, -0.05) is 11.6 Å². The molecule has 1 aromatic rings. The molecule has 0 saturated heterocycles. The highest BCUT2D eigenvalue weighted by molar-refractivity contribution is 6.33. The van der Waals surface area contributed by atoms with Crippen LogP contribution in [0.2, 0.25) is 5.02 Å². The fraction of sp³-hybridized carbons (Fsp3) is 0.300. The van der Waals surface area contributed by atoms with Crippen LogP contribution in [0.15, 0.2) is 12.1 Å². The van der Waals surface area contributed by atoms with Gasteiger partial charge in [-0.05, 0) is 24.6 Å². The van der Waals surface area contributed by atoms with Gasteiger partial charge in [-0.2, -0.15) is 0 Å². The van der Waals surface area contributed by atoms with Crippen molar-refractivity contribution in [2.75, 3.05) is 24.8 Å². The molecule has 0 bridgehead atoms. The van der Waals surface area contributed by atoms with Gasteiger partial charge < -0.3 is 15.8 Å². The summed E-state index contributed by atoms with van der Waals surface area (Å²) in [7, 11) is 1.46. The Labute approximate surface area is 93.4 Å². The third kappa shape index (κ3) is 3.11. The van der Waals surface area contributed by atoms with Crippen molar-refractivity contribution in [2.45, 2.75) is 6.92 Å². The van der Waals surface area contributed by atoms with Gasteiger partial charge in [0, 0.05) is 12.8 Å². The number of carbonyl (C=O) groups is 1. The van der Waals surface area contributed by atoms with Crippen molar-refractivity contribution >= 4 is 28.9 Å². The Bertz CT molecular complexity index is 380. The first-order valence-electron chi connectivity index (χ1n) is 4.39. The lowest BCUT2D eigenvalue weighted by Gasteiger charge is -2.09. The number of anilines is 2. The molecule has 1 aromatic carbocycles. The van der Waals surface area contributed by atoms with Gasteiger partial charge in [0.15, 0.2) is 0 Å². The van der Waals surface area contributed by atoms with E-state index in [0.717, 1.165) is 5.56 Å². The fourth-order valence-electron chi connectivity index (χ4n) is 1.16. The number of ether oxygens (including phenoxy) is 1.